The summed E-state index contributed by atoms with van der Waals surface area (Å²) in [7, 11) is 0. The zero-order chi connectivity index (χ0) is 12.1. The van der Waals surface area contributed by atoms with Crippen molar-refractivity contribution in [2.24, 2.45) is 11.8 Å². The van der Waals surface area contributed by atoms with E-state index in [0.717, 1.165) is 17.9 Å². The van der Waals surface area contributed by atoms with E-state index in [2.05, 4.69) is 39.4 Å². The lowest BCUT2D eigenvalue weighted by molar-refractivity contribution is 0.364. The van der Waals surface area contributed by atoms with Crippen LogP contribution in [0.15, 0.2) is 22.7 Å². The van der Waals surface area contributed by atoms with E-state index in [1.54, 1.807) is 11.1 Å². The van der Waals surface area contributed by atoms with Crippen molar-refractivity contribution in [2.45, 2.75) is 50.6 Å². The van der Waals surface area contributed by atoms with Gasteiger partial charge in [0.05, 0.1) is 0 Å². The number of fused-ring (bicyclic) bond motifs is 1. The number of hydrogen-bond acceptors (Lipinski definition) is 1. The van der Waals surface area contributed by atoms with Crippen LogP contribution in [0.25, 0.3) is 0 Å². The van der Waals surface area contributed by atoms with E-state index in [1.807, 2.05) is 0 Å². The highest BCUT2D eigenvalue weighted by Gasteiger charge is 2.42. The van der Waals surface area contributed by atoms with Crippen LogP contribution in [-0.2, 0) is 6.42 Å². The minimum atomic E-state index is 0.624. The van der Waals surface area contributed by atoms with Crippen molar-refractivity contribution in [2.75, 3.05) is 0 Å². The third kappa shape index (κ3) is 2.14. The number of aryl methyl sites for hydroxylation is 1. The highest BCUT2D eigenvalue weighted by atomic mass is 79.9. The summed E-state index contributed by atoms with van der Waals surface area (Å²) in [5, 5.41) is 4.00. The van der Waals surface area contributed by atoms with Crippen LogP contribution < -0.4 is 5.32 Å². The van der Waals surface area contributed by atoms with Gasteiger partial charge >= 0.3 is 0 Å². The fourth-order valence-electron chi connectivity index (χ4n) is 3.56. The summed E-state index contributed by atoms with van der Waals surface area (Å²) in [4.78, 5) is 0. The first kappa shape index (κ1) is 11.5. The molecule has 0 bridgehead atoms. The summed E-state index contributed by atoms with van der Waals surface area (Å²) in [6, 6.07) is 8.27. The lowest BCUT2D eigenvalue weighted by atomic mass is 10.0. The first-order chi connectivity index (χ1) is 8.81. The lowest BCUT2D eigenvalue weighted by Gasteiger charge is -2.23. The molecule has 0 heterocycles. The molecule has 3 aliphatic rings. The van der Waals surface area contributed by atoms with Gasteiger partial charge in [0.15, 0.2) is 0 Å². The SMILES string of the molecule is Brc1ccc2c(c1)CCC2NC(C1CC1)C1CC1. The van der Waals surface area contributed by atoms with Gasteiger partial charge in [-0.15, -0.1) is 0 Å². The second kappa shape index (κ2) is 4.35. The third-order valence-corrected chi connectivity index (χ3v) is 5.33. The Morgan fingerprint density at radius 1 is 1.06 bits per heavy atom. The molecule has 1 aromatic carbocycles. The van der Waals surface area contributed by atoms with Crippen molar-refractivity contribution in [3.8, 4) is 0 Å². The summed E-state index contributed by atoms with van der Waals surface area (Å²) in [6.45, 7) is 0. The third-order valence-electron chi connectivity index (χ3n) is 4.84. The molecule has 0 saturated heterocycles. The molecule has 0 radical (unpaired) electrons. The Labute approximate surface area is 117 Å². The van der Waals surface area contributed by atoms with Gasteiger partial charge in [-0.2, -0.15) is 0 Å². The van der Waals surface area contributed by atoms with Crippen LogP contribution in [0.3, 0.4) is 0 Å². The van der Waals surface area contributed by atoms with Gasteiger partial charge in [0.25, 0.3) is 0 Å². The first-order valence-corrected chi connectivity index (χ1v) is 8.15. The molecule has 2 heteroatoms. The minimum Gasteiger partial charge on any atom is -0.307 e. The van der Waals surface area contributed by atoms with E-state index in [-0.39, 0.29) is 0 Å². The van der Waals surface area contributed by atoms with Crippen LogP contribution in [0, 0.1) is 11.8 Å². The van der Waals surface area contributed by atoms with E-state index < -0.39 is 0 Å². The topological polar surface area (TPSA) is 12.0 Å². The molecule has 1 aromatic rings. The standard InChI is InChI=1S/C16H20BrN/c17-13-6-7-14-12(9-13)5-8-15(14)18-16(10-1-2-10)11-3-4-11/h6-7,9-11,15-16,18H,1-5,8H2. The summed E-state index contributed by atoms with van der Waals surface area (Å²) in [5.41, 5.74) is 3.11. The summed E-state index contributed by atoms with van der Waals surface area (Å²) in [5.74, 6) is 1.99. The minimum absolute atomic E-state index is 0.624. The van der Waals surface area contributed by atoms with Crippen LogP contribution in [0.2, 0.25) is 0 Å². The van der Waals surface area contributed by atoms with Crippen LogP contribution >= 0.6 is 15.9 Å². The molecule has 1 unspecified atom stereocenters. The van der Waals surface area contributed by atoms with Crippen molar-refractivity contribution in [3.05, 3.63) is 33.8 Å². The van der Waals surface area contributed by atoms with Gasteiger partial charge in [0.2, 0.25) is 0 Å². The van der Waals surface area contributed by atoms with Gasteiger partial charge in [-0.1, -0.05) is 22.0 Å². The van der Waals surface area contributed by atoms with Gasteiger partial charge in [0, 0.05) is 16.6 Å². The Bertz CT molecular complexity index is 450. The number of hydrogen-bond donors (Lipinski definition) is 1. The second-order valence-electron chi connectivity index (χ2n) is 6.30. The fraction of sp³-hybridized carbons (Fsp3) is 0.625. The average molecular weight is 306 g/mol. The molecule has 1 nitrogen and oxygen atoms in total. The predicted molar refractivity (Wildman–Crippen MR) is 77.6 cm³/mol. The second-order valence-corrected chi connectivity index (χ2v) is 7.22. The molecule has 3 aliphatic carbocycles. The van der Waals surface area contributed by atoms with Crippen molar-refractivity contribution in [1.29, 1.82) is 0 Å². The van der Waals surface area contributed by atoms with E-state index in [1.165, 1.54) is 43.0 Å². The Kier molecular flexibility index (Phi) is 2.77. The number of benzene rings is 1. The zero-order valence-corrected chi connectivity index (χ0v) is 12.2. The van der Waals surface area contributed by atoms with Crippen LogP contribution in [0.1, 0.15) is 49.3 Å². The van der Waals surface area contributed by atoms with Gasteiger partial charge < -0.3 is 5.32 Å². The Balaban J connectivity index is 1.53. The molecule has 2 fully saturated rings. The van der Waals surface area contributed by atoms with E-state index in [4.69, 9.17) is 0 Å². The summed E-state index contributed by atoms with van der Waals surface area (Å²) >= 11 is 3.58. The van der Waals surface area contributed by atoms with E-state index in [9.17, 15) is 0 Å². The maximum atomic E-state index is 4.00. The normalized spacial score (nSPS) is 26.7. The molecule has 1 N–H and O–H groups in total. The molecule has 0 amide bonds. The summed E-state index contributed by atoms with van der Waals surface area (Å²) in [6.07, 6.45) is 8.40. The van der Waals surface area contributed by atoms with Crippen molar-refractivity contribution in [3.63, 3.8) is 0 Å². The average Bonchev–Trinajstić information content (AvgIpc) is 3.24. The van der Waals surface area contributed by atoms with Gasteiger partial charge in [-0.05, 0) is 73.6 Å². The molecule has 4 rings (SSSR count). The molecule has 0 aromatic heterocycles. The van der Waals surface area contributed by atoms with Crippen LogP contribution in [0.4, 0.5) is 0 Å². The lowest BCUT2D eigenvalue weighted by Crippen LogP contribution is -2.35. The smallest absolute Gasteiger partial charge is 0.0328 e. The van der Waals surface area contributed by atoms with Crippen molar-refractivity contribution >= 4 is 15.9 Å². The van der Waals surface area contributed by atoms with Crippen molar-refractivity contribution < 1.29 is 0 Å². The molecular formula is C16H20BrN. The van der Waals surface area contributed by atoms with Crippen LogP contribution in [0.5, 0.6) is 0 Å². The molecule has 2 saturated carbocycles. The molecule has 18 heavy (non-hydrogen) atoms. The van der Waals surface area contributed by atoms with Crippen molar-refractivity contribution in [1.82, 2.24) is 5.32 Å². The maximum Gasteiger partial charge on any atom is 0.0328 e. The predicted octanol–water partition coefficient (Wildman–Crippen LogP) is 4.21. The molecule has 1 atom stereocenters. The summed E-state index contributed by atoms with van der Waals surface area (Å²) < 4.78 is 1.22. The largest absolute Gasteiger partial charge is 0.307 e. The van der Waals surface area contributed by atoms with E-state index in [0.29, 0.717) is 6.04 Å². The first-order valence-electron chi connectivity index (χ1n) is 7.35. The molecule has 96 valence electrons. The molecular weight excluding hydrogens is 286 g/mol. The van der Waals surface area contributed by atoms with Crippen LogP contribution in [-0.4, -0.2) is 6.04 Å². The Hall–Kier alpha value is -0.340. The van der Waals surface area contributed by atoms with Gasteiger partial charge in [0.1, 0.15) is 0 Å². The molecule has 0 aliphatic heterocycles. The number of halogens is 1. The van der Waals surface area contributed by atoms with Gasteiger partial charge in [-0.25, -0.2) is 0 Å². The fourth-order valence-corrected chi connectivity index (χ4v) is 3.97. The highest BCUT2D eigenvalue weighted by Crippen LogP contribution is 2.46. The maximum absolute atomic E-state index is 4.00. The van der Waals surface area contributed by atoms with E-state index >= 15 is 0 Å². The zero-order valence-electron chi connectivity index (χ0n) is 10.7. The number of rotatable bonds is 4. The monoisotopic (exact) mass is 305 g/mol. The molecule has 0 spiro atoms. The Morgan fingerprint density at radius 2 is 1.78 bits per heavy atom. The quantitative estimate of drug-likeness (QED) is 0.878. The highest BCUT2D eigenvalue weighted by molar-refractivity contribution is 9.10. The van der Waals surface area contributed by atoms with Gasteiger partial charge in [-0.3, -0.25) is 0 Å². The number of nitrogens with one attached hydrogen (secondary N) is 1. The Morgan fingerprint density at radius 3 is 2.44 bits per heavy atom.